The van der Waals surface area contributed by atoms with E-state index in [4.69, 9.17) is 37.4 Å². The van der Waals surface area contributed by atoms with E-state index in [1.165, 1.54) is 18.5 Å². The fourth-order valence-electron chi connectivity index (χ4n) is 5.18. The van der Waals surface area contributed by atoms with E-state index in [-0.39, 0.29) is 40.0 Å². The number of hydrogen-bond acceptors (Lipinski definition) is 7. The van der Waals surface area contributed by atoms with E-state index in [0.29, 0.717) is 41.1 Å². The van der Waals surface area contributed by atoms with E-state index in [1.807, 2.05) is 25.7 Å². The molecule has 11 heteroatoms. The second-order valence-corrected chi connectivity index (χ2v) is 11.4. The number of carbonyl (C=O) groups is 1. The summed E-state index contributed by atoms with van der Waals surface area (Å²) in [5, 5.41) is 3.55. The van der Waals surface area contributed by atoms with Gasteiger partial charge in [-0.1, -0.05) is 23.2 Å². The van der Waals surface area contributed by atoms with Crippen molar-refractivity contribution in [3.05, 3.63) is 46.5 Å². The highest BCUT2D eigenvalue weighted by atomic mass is 35.5. The van der Waals surface area contributed by atoms with Crippen LogP contribution >= 0.6 is 23.2 Å². The molecule has 202 valence electrons. The predicted octanol–water partition coefficient (Wildman–Crippen LogP) is 7.14. The van der Waals surface area contributed by atoms with Gasteiger partial charge in [-0.05, 0) is 51.8 Å². The summed E-state index contributed by atoms with van der Waals surface area (Å²) in [6.45, 7) is 5.62. The van der Waals surface area contributed by atoms with Crippen molar-refractivity contribution in [3.63, 3.8) is 0 Å². The molecule has 3 heterocycles. The second-order valence-electron chi connectivity index (χ2n) is 10.6. The van der Waals surface area contributed by atoms with E-state index in [0.717, 1.165) is 12.8 Å². The van der Waals surface area contributed by atoms with Crippen LogP contribution in [0.2, 0.25) is 10.0 Å². The highest BCUT2D eigenvalue weighted by molar-refractivity contribution is 6.42. The number of piperidine rings is 1. The SMILES string of the molecule is COc1cc2ncnc(Nc3ccc(Cl)c(Cl)c3F)c2cc1O[C@@H]1C[C@H]2CC[C@@H](C1)N2C(=O)OC(C)(C)C. The quantitative estimate of drug-likeness (QED) is 0.331. The van der Waals surface area contributed by atoms with E-state index >= 15 is 0 Å². The van der Waals surface area contributed by atoms with Crippen LogP contribution in [0.3, 0.4) is 0 Å². The number of carbonyl (C=O) groups excluding carboxylic acids is 1. The van der Waals surface area contributed by atoms with Crippen molar-refractivity contribution in [1.82, 2.24) is 14.9 Å². The van der Waals surface area contributed by atoms with Gasteiger partial charge in [-0.25, -0.2) is 19.2 Å². The summed E-state index contributed by atoms with van der Waals surface area (Å²) in [5.74, 6) is 0.732. The largest absolute Gasteiger partial charge is 0.493 e. The standard InChI is InChI=1S/C27H29Cl2FN4O4/c1-27(2,3)38-26(35)34-14-5-6-15(34)10-16(9-14)37-22-11-17-20(12-21(22)36-4)31-13-32-25(17)33-19-8-7-18(28)23(29)24(19)30/h7-8,11-16H,5-6,9-10H2,1-4H3,(H,31,32,33)/t14-,15+,16-. The summed E-state index contributed by atoms with van der Waals surface area (Å²) in [6, 6.07) is 6.65. The van der Waals surface area contributed by atoms with E-state index in [9.17, 15) is 9.18 Å². The van der Waals surface area contributed by atoms with Crippen LogP contribution in [0, 0.1) is 5.82 Å². The lowest BCUT2D eigenvalue weighted by Crippen LogP contribution is -2.50. The van der Waals surface area contributed by atoms with Crippen LogP contribution in [0.4, 0.5) is 20.7 Å². The number of aromatic nitrogens is 2. The predicted molar refractivity (Wildman–Crippen MR) is 144 cm³/mol. The van der Waals surface area contributed by atoms with Gasteiger partial charge in [0.1, 0.15) is 23.9 Å². The Morgan fingerprint density at radius 3 is 2.47 bits per heavy atom. The first kappa shape index (κ1) is 26.6. The molecule has 3 aromatic rings. The lowest BCUT2D eigenvalue weighted by atomic mass is 10.00. The van der Waals surface area contributed by atoms with Crippen molar-refractivity contribution in [3.8, 4) is 11.5 Å². The van der Waals surface area contributed by atoms with Gasteiger partial charge in [0.2, 0.25) is 0 Å². The van der Waals surface area contributed by atoms with E-state index in [2.05, 4.69) is 15.3 Å². The van der Waals surface area contributed by atoms with Crippen LogP contribution in [0.25, 0.3) is 10.9 Å². The summed E-state index contributed by atoms with van der Waals surface area (Å²) >= 11 is 11.9. The van der Waals surface area contributed by atoms with Crippen LogP contribution in [0.1, 0.15) is 46.5 Å². The third kappa shape index (κ3) is 5.27. The molecule has 1 aromatic heterocycles. The lowest BCUT2D eigenvalue weighted by molar-refractivity contribution is -0.00734. The van der Waals surface area contributed by atoms with Gasteiger partial charge in [0.15, 0.2) is 17.3 Å². The van der Waals surface area contributed by atoms with Crippen molar-refractivity contribution in [2.24, 2.45) is 0 Å². The lowest BCUT2D eigenvalue weighted by Gasteiger charge is -2.39. The molecule has 1 N–H and O–H groups in total. The minimum atomic E-state index is -0.678. The molecule has 2 aliphatic rings. The molecule has 2 saturated heterocycles. The third-order valence-corrected chi connectivity index (χ3v) is 7.58. The van der Waals surface area contributed by atoms with Gasteiger partial charge in [-0.15, -0.1) is 0 Å². The molecule has 2 aliphatic heterocycles. The number of halogens is 3. The molecular weight excluding hydrogens is 534 g/mol. The number of anilines is 2. The molecule has 0 spiro atoms. The fraction of sp³-hybridized carbons (Fsp3) is 0.444. The topological polar surface area (TPSA) is 85.8 Å². The fourth-order valence-corrected chi connectivity index (χ4v) is 5.49. The second kappa shape index (κ2) is 10.3. The van der Waals surface area contributed by atoms with Crippen LogP contribution < -0.4 is 14.8 Å². The van der Waals surface area contributed by atoms with Crippen molar-refractivity contribution in [2.45, 2.75) is 70.2 Å². The zero-order valence-electron chi connectivity index (χ0n) is 21.6. The van der Waals surface area contributed by atoms with Gasteiger partial charge < -0.3 is 24.4 Å². The molecule has 8 nitrogen and oxygen atoms in total. The molecule has 3 atom stereocenters. The van der Waals surface area contributed by atoms with Gasteiger partial charge in [-0.2, -0.15) is 0 Å². The Kier molecular flexibility index (Phi) is 7.17. The van der Waals surface area contributed by atoms with Crippen LogP contribution in [-0.4, -0.2) is 51.9 Å². The highest BCUT2D eigenvalue weighted by Gasteiger charge is 2.45. The first-order chi connectivity index (χ1) is 18.0. The van der Waals surface area contributed by atoms with E-state index < -0.39 is 11.4 Å². The molecule has 2 fully saturated rings. The smallest absolute Gasteiger partial charge is 0.410 e. The number of ether oxygens (including phenoxy) is 3. The highest BCUT2D eigenvalue weighted by Crippen LogP contribution is 2.41. The number of rotatable bonds is 5. The van der Waals surface area contributed by atoms with Crippen molar-refractivity contribution in [2.75, 3.05) is 12.4 Å². The Morgan fingerprint density at radius 2 is 1.82 bits per heavy atom. The van der Waals surface area contributed by atoms with Crippen LogP contribution in [0.5, 0.6) is 11.5 Å². The molecule has 0 unspecified atom stereocenters. The zero-order valence-corrected chi connectivity index (χ0v) is 23.1. The Hall–Kier alpha value is -3.04. The van der Waals surface area contributed by atoms with Crippen LogP contribution in [0.15, 0.2) is 30.6 Å². The number of nitrogens with one attached hydrogen (secondary N) is 1. The third-order valence-electron chi connectivity index (χ3n) is 6.80. The summed E-state index contributed by atoms with van der Waals surface area (Å²) in [6.07, 6.45) is 4.18. The summed E-state index contributed by atoms with van der Waals surface area (Å²) < 4.78 is 32.4. The summed E-state index contributed by atoms with van der Waals surface area (Å²) in [4.78, 5) is 23.3. The molecule has 0 aliphatic carbocycles. The van der Waals surface area contributed by atoms with Gasteiger partial charge in [-0.3, -0.25) is 0 Å². The molecule has 0 saturated carbocycles. The average Bonchev–Trinajstić information content (AvgIpc) is 3.14. The normalized spacial score (nSPS) is 20.9. The molecule has 38 heavy (non-hydrogen) atoms. The summed E-state index contributed by atoms with van der Waals surface area (Å²) in [5.41, 5.74) is 0.173. The zero-order chi connectivity index (χ0) is 27.2. The number of methoxy groups -OCH3 is 1. The maximum Gasteiger partial charge on any atom is 0.410 e. The maximum atomic E-state index is 14.7. The number of fused-ring (bicyclic) bond motifs is 3. The monoisotopic (exact) mass is 562 g/mol. The molecule has 0 radical (unpaired) electrons. The van der Waals surface area contributed by atoms with Crippen molar-refractivity contribution >= 4 is 51.7 Å². The Balaban J connectivity index is 1.40. The molecule has 1 amide bonds. The van der Waals surface area contributed by atoms with Crippen LogP contribution in [-0.2, 0) is 4.74 Å². The molecule has 2 bridgehead atoms. The van der Waals surface area contributed by atoms with E-state index in [1.54, 1.807) is 19.2 Å². The van der Waals surface area contributed by atoms with Crippen molar-refractivity contribution in [1.29, 1.82) is 0 Å². The molecular formula is C27H29Cl2FN4O4. The first-order valence-electron chi connectivity index (χ1n) is 12.5. The molecule has 2 aromatic carbocycles. The number of amides is 1. The van der Waals surface area contributed by atoms with Gasteiger partial charge in [0, 0.05) is 36.4 Å². The average molecular weight is 563 g/mol. The minimum Gasteiger partial charge on any atom is -0.493 e. The Bertz CT molecular complexity index is 1370. The van der Waals surface area contributed by atoms with Gasteiger partial charge >= 0.3 is 6.09 Å². The Morgan fingerprint density at radius 1 is 1.11 bits per heavy atom. The number of hydrogen-bond donors (Lipinski definition) is 1. The van der Waals surface area contributed by atoms with Gasteiger partial charge in [0.25, 0.3) is 0 Å². The number of benzene rings is 2. The minimum absolute atomic E-state index is 0.0539. The molecule has 5 rings (SSSR count). The Labute approximate surface area is 230 Å². The first-order valence-corrected chi connectivity index (χ1v) is 13.2. The number of nitrogens with zero attached hydrogens (tertiary/aromatic N) is 3. The van der Waals surface area contributed by atoms with Crippen molar-refractivity contribution < 1.29 is 23.4 Å². The summed E-state index contributed by atoms with van der Waals surface area (Å²) in [7, 11) is 1.56. The van der Waals surface area contributed by atoms with Gasteiger partial charge in [0.05, 0.1) is 28.4 Å². The maximum absolute atomic E-state index is 14.7.